The van der Waals surface area contributed by atoms with Crippen LogP contribution in [0.15, 0.2) is 42.5 Å². The highest BCUT2D eigenvalue weighted by Crippen LogP contribution is 2.33. The Bertz CT molecular complexity index is 805. The Labute approximate surface area is 180 Å². The number of benzene rings is 2. The van der Waals surface area contributed by atoms with Gasteiger partial charge in [-0.25, -0.2) is 0 Å². The molecule has 2 aromatic rings. The maximum absolute atomic E-state index is 12.6. The van der Waals surface area contributed by atoms with Crippen molar-refractivity contribution in [2.24, 2.45) is 0 Å². The van der Waals surface area contributed by atoms with Gasteiger partial charge in [-0.15, -0.1) is 0 Å². The summed E-state index contributed by atoms with van der Waals surface area (Å²) >= 11 is 0. The maximum Gasteiger partial charge on any atom is 0.234 e. The molecule has 2 aromatic carbocycles. The highest BCUT2D eigenvalue weighted by Gasteiger charge is 2.18. The second-order valence-corrected chi connectivity index (χ2v) is 7.75. The first-order valence-electron chi connectivity index (χ1n) is 11.1. The van der Waals surface area contributed by atoms with Crippen molar-refractivity contribution < 1.29 is 14.3 Å². The minimum absolute atomic E-state index is 0.0721. The van der Waals surface area contributed by atoms with Crippen molar-refractivity contribution >= 4 is 5.91 Å². The van der Waals surface area contributed by atoms with E-state index in [0.29, 0.717) is 32.8 Å². The lowest BCUT2D eigenvalue weighted by atomic mass is 10.1. The molecule has 30 heavy (non-hydrogen) atoms. The van der Waals surface area contributed by atoms with E-state index in [2.05, 4.69) is 47.5 Å². The number of nitrogens with zero attached hydrogens (tertiary/aromatic N) is 1. The molecule has 0 unspecified atom stereocenters. The van der Waals surface area contributed by atoms with Crippen LogP contribution in [0.5, 0.6) is 11.5 Å². The summed E-state index contributed by atoms with van der Waals surface area (Å²) in [6.45, 7) is 7.79. The van der Waals surface area contributed by atoms with Crippen LogP contribution >= 0.6 is 0 Å². The summed E-state index contributed by atoms with van der Waals surface area (Å²) in [4.78, 5) is 14.7. The minimum atomic E-state index is 0.0721. The molecule has 1 amide bonds. The van der Waals surface area contributed by atoms with E-state index in [1.165, 1.54) is 11.1 Å². The zero-order valence-corrected chi connectivity index (χ0v) is 18.3. The van der Waals surface area contributed by atoms with E-state index in [-0.39, 0.29) is 5.91 Å². The van der Waals surface area contributed by atoms with Gasteiger partial charge in [0.05, 0.1) is 19.8 Å². The number of nitrogens with one attached hydrogen (secondary N) is 1. The highest BCUT2D eigenvalue weighted by molar-refractivity contribution is 5.78. The van der Waals surface area contributed by atoms with Gasteiger partial charge in [-0.2, -0.15) is 0 Å². The summed E-state index contributed by atoms with van der Waals surface area (Å²) in [5, 5.41) is 3.06. The SMILES string of the molecule is CCOc1cccc2c1OCCCCCNC(=O)CN(Cc1ccc(CC)cc1)C2. The van der Waals surface area contributed by atoms with Gasteiger partial charge in [0.15, 0.2) is 11.5 Å². The number of ether oxygens (including phenoxy) is 2. The number of carbonyl (C=O) groups excluding carboxylic acids is 1. The van der Waals surface area contributed by atoms with Crippen LogP contribution in [0.2, 0.25) is 0 Å². The molecule has 0 spiro atoms. The monoisotopic (exact) mass is 410 g/mol. The molecular formula is C25H34N2O3. The van der Waals surface area contributed by atoms with E-state index >= 15 is 0 Å². The number of para-hydroxylation sites is 1. The molecule has 0 saturated heterocycles. The van der Waals surface area contributed by atoms with Crippen molar-refractivity contribution in [3.8, 4) is 11.5 Å². The summed E-state index contributed by atoms with van der Waals surface area (Å²) in [5.41, 5.74) is 3.58. The van der Waals surface area contributed by atoms with Gasteiger partial charge in [0.1, 0.15) is 0 Å². The molecule has 3 rings (SSSR count). The fourth-order valence-corrected chi connectivity index (χ4v) is 3.73. The fraction of sp³-hybridized carbons (Fsp3) is 0.480. The van der Waals surface area contributed by atoms with Crippen LogP contribution in [0, 0.1) is 0 Å². The first kappa shape index (κ1) is 22.2. The van der Waals surface area contributed by atoms with Crippen molar-refractivity contribution in [3.05, 3.63) is 59.2 Å². The molecule has 0 bridgehead atoms. The van der Waals surface area contributed by atoms with Crippen molar-refractivity contribution in [1.29, 1.82) is 0 Å². The molecule has 1 aliphatic rings. The number of aryl methyl sites for hydroxylation is 1. The number of hydrogen-bond donors (Lipinski definition) is 1. The lowest BCUT2D eigenvalue weighted by Crippen LogP contribution is -2.37. The predicted molar refractivity (Wildman–Crippen MR) is 120 cm³/mol. The van der Waals surface area contributed by atoms with Gasteiger partial charge < -0.3 is 14.8 Å². The van der Waals surface area contributed by atoms with Gasteiger partial charge in [0.2, 0.25) is 5.91 Å². The normalized spacial score (nSPS) is 16.3. The van der Waals surface area contributed by atoms with E-state index in [1.54, 1.807) is 0 Å². The quantitative estimate of drug-likeness (QED) is 0.797. The smallest absolute Gasteiger partial charge is 0.234 e. The summed E-state index contributed by atoms with van der Waals surface area (Å²) in [7, 11) is 0. The number of hydrogen-bond acceptors (Lipinski definition) is 4. The molecule has 1 heterocycles. The van der Waals surface area contributed by atoms with Gasteiger partial charge in [0, 0.05) is 25.2 Å². The van der Waals surface area contributed by atoms with Crippen molar-refractivity contribution in [2.75, 3.05) is 26.3 Å². The molecule has 1 aliphatic heterocycles. The second kappa shape index (κ2) is 11.6. The van der Waals surface area contributed by atoms with Gasteiger partial charge in [-0.1, -0.05) is 43.3 Å². The van der Waals surface area contributed by atoms with Crippen LogP contribution in [0.1, 0.15) is 49.8 Å². The molecule has 0 aliphatic carbocycles. The van der Waals surface area contributed by atoms with Gasteiger partial charge in [-0.05, 0) is 49.8 Å². The Morgan fingerprint density at radius 3 is 2.57 bits per heavy atom. The van der Waals surface area contributed by atoms with Crippen molar-refractivity contribution in [1.82, 2.24) is 10.2 Å². The molecule has 1 N–H and O–H groups in total. The first-order valence-corrected chi connectivity index (χ1v) is 11.1. The largest absolute Gasteiger partial charge is 0.490 e. The topological polar surface area (TPSA) is 50.8 Å². The Morgan fingerprint density at radius 1 is 1.00 bits per heavy atom. The Balaban J connectivity index is 1.86. The third kappa shape index (κ3) is 6.49. The first-order chi connectivity index (χ1) is 14.7. The molecule has 0 atom stereocenters. The number of fused-ring (bicyclic) bond motifs is 1. The van der Waals surface area contributed by atoms with Crippen LogP contribution in [0.25, 0.3) is 0 Å². The Kier molecular flexibility index (Phi) is 8.57. The average molecular weight is 411 g/mol. The third-order valence-electron chi connectivity index (χ3n) is 5.35. The maximum atomic E-state index is 12.6. The van der Waals surface area contributed by atoms with E-state index in [0.717, 1.165) is 49.3 Å². The van der Waals surface area contributed by atoms with Gasteiger partial charge in [0.25, 0.3) is 0 Å². The van der Waals surface area contributed by atoms with E-state index < -0.39 is 0 Å². The lowest BCUT2D eigenvalue weighted by Gasteiger charge is -2.24. The molecule has 0 radical (unpaired) electrons. The van der Waals surface area contributed by atoms with Crippen LogP contribution in [0.3, 0.4) is 0 Å². The molecule has 5 heteroatoms. The number of amides is 1. The Hall–Kier alpha value is -2.53. The lowest BCUT2D eigenvalue weighted by molar-refractivity contribution is -0.122. The zero-order valence-electron chi connectivity index (χ0n) is 18.3. The van der Waals surface area contributed by atoms with Crippen LogP contribution in [0.4, 0.5) is 0 Å². The fourth-order valence-electron chi connectivity index (χ4n) is 3.73. The summed E-state index contributed by atoms with van der Waals surface area (Å²) in [6, 6.07) is 14.7. The minimum Gasteiger partial charge on any atom is -0.490 e. The third-order valence-corrected chi connectivity index (χ3v) is 5.35. The molecule has 5 nitrogen and oxygen atoms in total. The molecule has 0 fully saturated rings. The second-order valence-electron chi connectivity index (χ2n) is 7.75. The molecule has 0 saturated carbocycles. The Morgan fingerprint density at radius 2 is 1.80 bits per heavy atom. The van der Waals surface area contributed by atoms with Crippen LogP contribution < -0.4 is 14.8 Å². The zero-order chi connectivity index (χ0) is 21.2. The highest BCUT2D eigenvalue weighted by atomic mass is 16.5. The molecular weight excluding hydrogens is 376 g/mol. The van der Waals surface area contributed by atoms with Crippen molar-refractivity contribution in [2.45, 2.75) is 52.6 Å². The van der Waals surface area contributed by atoms with E-state index in [9.17, 15) is 4.79 Å². The predicted octanol–water partition coefficient (Wildman–Crippen LogP) is 4.33. The van der Waals surface area contributed by atoms with E-state index in [4.69, 9.17) is 9.47 Å². The average Bonchev–Trinajstić information content (AvgIpc) is 2.76. The standard InChI is InChI=1S/C25H34N2O3/c1-3-20-11-13-21(14-12-20)17-27-18-22-9-8-10-23(29-4-2)25(22)30-16-7-5-6-15-26-24(28)19-27/h8-14H,3-7,15-19H2,1-2H3,(H,26,28). The summed E-state index contributed by atoms with van der Waals surface area (Å²) < 4.78 is 12.0. The van der Waals surface area contributed by atoms with Crippen molar-refractivity contribution in [3.63, 3.8) is 0 Å². The van der Waals surface area contributed by atoms with E-state index in [1.807, 2.05) is 19.1 Å². The van der Waals surface area contributed by atoms with Crippen LogP contribution in [-0.4, -0.2) is 37.1 Å². The van der Waals surface area contributed by atoms with Crippen LogP contribution in [-0.2, 0) is 24.3 Å². The molecule has 0 aromatic heterocycles. The van der Waals surface area contributed by atoms with Gasteiger partial charge in [-0.3, -0.25) is 9.69 Å². The molecule has 162 valence electrons. The summed E-state index contributed by atoms with van der Waals surface area (Å²) in [6.07, 6.45) is 3.98. The van der Waals surface area contributed by atoms with Gasteiger partial charge >= 0.3 is 0 Å². The number of rotatable bonds is 5. The number of carbonyl (C=O) groups is 1. The summed E-state index contributed by atoms with van der Waals surface area (Å²) in [5.74, 6) is 1.66.